The Morgan fingerprint density at radius 1 is 0.534 bits per heavy atom. The Kier molecular flexibility index (Phi) is 39.1. The average Bonchev–Trinajstić information content (AvgIpc) is 3.22. The summed E-state index contributed by atoms with van der Waals surface area (Å²) in [5, 5.41) is 40.1. The van der Waals surface area contributed by atoms with Gasteiger partial charge in [-0.25, -0.2) is 0 Å². The van der Waals surface area contributed by atoms with E-state index >= 15 is 0 Å². The summed E-state index contributed by atoms with van der Waals surface area (Å²) in [5.74, 6) is -0.311. The summed E-state index contributed by atoms with van der Waals surface area (Å²) in [7, 11) is 0. The highest BCUT2D eigenvalue weighted by Gasteiger charge is 2.44. The monoisotopic (exact) mass is 827 g/mol. The minimum atomic E-state index is -1.53. The van der Waals surface area contributed by atoms with Gasteiger partial charge in [0.25, 0.3) is 0 Å². The predicted molar refractivity (Wildman–Crippen MR) is 238 cm³/mol. The second-order valence-corrected chi connectivity index (χ2v) is 17.3. The fourth-order valence-electron chi connectivity index (χ4n) is 7.79. The Balaban J connectivity index is 2.14. The normalized spacial score (nSPS) is 20.3. The molecular formula is C49H94O9. The standard InChI is InChI=1S/C49H94O9/c1-3-5-7-9-11-13-15-16-17-18-19-20-21-22-23-24-25-26-27-28-30-32-34-36-38-45(51)57-43(42-56-49-48(54)47(53)46(52)44(40-50)58-49)41-55-39-37-35-33-31-29-14-12-10-8-6-4-2/h8,10,43-44,46-50,52-54H,3-7,9,11-42H2,1-2H3/b10-8-. The van der Waals surface area contributed by atoms with Crippen molar-refractivity contribution >= 4 is 5.97 Å². The molecule has 0 aromatic carbocycles. The quantitative estimate of drug-likeness (QED) is 0.0269. The molecule has 9 heteroatoms. The highest BCUT2D eigenvalue weighted by molar-refractivity contribution is 5.69. The van der Waals surface area contributed by atoms with Gasteiger partial charge in [-0.05, 0) is 32.1 Å². The van der Waals surface area contributed by atoms with Crippen molar-refractivity contribution in [3.05, 3.63) is 12.2 Å². The van der Waals surface area contributed by atoms with Crippen LogP contribution in [-0.4, -0.2) is 89.6 Å². The van der Waals surface area contributed by atoms with Crippen molar-refractivity contribution in [1.29, 1.82) is 0 Å². The van der Waals surface area contributed by atoms with Crippen molar-refractivity contribution in [2.24, 2.45) is 0 Å². The molecule has 0 saturated carbocycles. The lowest BCUT2D eigenvalue weighted by Crippen LogP contribution is -2.59. The maximum atomic E-state index is 12.8. The van der Waals surface area contributed by atoms with Crippen LogP contribution in [0.15, 0.2) is 12.2 Å². The molecule has 344 valence electrons. The van der Waals surface area contributed by atoms with E-state index in [0.29, 0.717) is 13.0 Å². The van der Waals surface area contributed by atoms with Crippen LogP contribution in [0, 0.1) is 0 Å². The van der Waals surface area contributed by atoms with E-state index in [9.17, 15) is 25.2 Å². The Bertz CT molecular complexity index is 899. The number of aliphatic hydroxyl groups is 4. The van der Waals surface area contributed by atoms with Gasteiger partial charge in [0.15, 0.2) is 6.29 Å². The summed E-state index contributed by atoms with van der Waals surface area (Å²) in [6.45, 7) is 4.53. The molecule has 0 amide bonds. The fraction of sp³-hybridized carbons (Fsp3) is 0.939. The summed E-state index contributed by atoms with van der Waals surface area (Å²) < 4.78 is 22.8. The number of hydrogen-bond donors (Lipinski definition) is 4. The number of esters is 1. The van der Waals surface area contributed by atoms with Gasteiger partial charge >= 0.3 is 5.97 Å². The van der Waals surface area contributed by atoms with E-state index < -0.39 is 43.4 Å². The van der Waals surface area contributed by atoms with E-state index in [2.05, 4.69) is 26.0 Å². The Morgan fingerprint density at radius 3 is 1.47 bits per heavy atom. The number of carbonyl (C=O) groups excluding carboxylic acids is 1. The Labute approximate surface area is 356 Å². The lowest BCUT2D eigenvalue weighted by atomic mass is 9.99. The molecule has 0 aromatic heterocycles. The molecule has 6 unspecified atom stereocenters. The first kappa shape index (κ1) is 54.9. The van der Waals surface area contributed by atoms with E-state index in [1.165, 1.54) is 173 Å². The SMILES string of the molecule is CCC/C=C\CCCCCCCCOCC(COC1OC(CO)C(O)C(O)C1O)OC(=O)CCCCCCCCCCCCCCCCCCCCCCCCCC. The molecule has 1 saturated heterocycles. The lowest BCUT2D eigenvalue weighted by Gasteiger charge is -2.39. The van der Waals surface area contributed by atoms with Crippen LogP contribution in [0.4, 0.5) is 0 Å². The molecule has 6 atom stereocenters. The van der Waals surface area contributed by atoms with E-state index in [4.69, 9.17) is 18.9 Å². The van der Waals surface area contributed by atoms with E-state index in [-0.39, 0.29) is 19.2 Å². The Hall–Kier alpha value is -1.07. The molecule has 1 rings (SSSR count). The van der Waals surface area contributed by atoms with Crippen molar-refractivity contribution < 1.29 is 44.2 Å². The molecular weight excluding hydrogens is 733 g/mol. The van der Waals surface area contributed by atoms with Gasteiger partial charge in [0.1, 0.15) is 30.5 Å². The van der Waals surface area contributed by atoms with Crippen molar-refractivity contribution in [2.45, 2.75) is 269 Å². The fourth-order valence-corrected chi connectivity index (χ4v) is 7.79. The third kappa shape index (κ3) is 31.8. The molecule has 4 N–H and O–H groups in total. The smallest absolute Gasteiger partial charge is 0.306 e. The van der Waals surface area contributed by atoms with Gasteiger partial charge in [-0.3, -0.25) is 4.79 Å². The highest BCUT2D eigenvalue weighted by atomic mass is 16.7. The van der Waals surface area contributed by atoms with Gasteiger partial charge in [-0.2, -0.15) is 0 Å². The number of rotatable bonds is 43. The minimum Gasteiger partial charge on any atom is -0.457 e. The summed E-state index contributed by atoms with van der Waals surface area (Å²) in [5.41, 5.74) is 0. The third-order valence-electron chi connectivity index (χ3n) is 11.7. The molecule has 1 aliphatic rings. The second-order valence-electron chi connectivity index (χ2n) is 17.3. The molecule has 1 fully saturated rings. The number of hydrogen-bond acceptors (Lipinski definition) is 9. The van der Waals surface area contributed by atoms with Crippen LogP contribution >= 0.6 is 0 Å². The van der Waals surface area contributed by atoms with Crippen LogP contribution in [0.25, 0.3) is 0 Å². The number of allylic oxidation sites excluding steroid dienone is 2. The van der Waals surface area contributed by atoms with Gasteiger partial charge in [0.2, 0.25) is 0 Å². The number of ether oxygens (including phenoxy) is 4. The van der Waals surface area contributed by atoms with E-state index in [0.717, 1.165) is 38.5 Å². The van der Waals surface area contributed by atoms with Crippen molar-refractivity contribution in [2.75, 3.05) is 26.4 Å². The molecule has 1 heterocycles. The van der Waals surface area contributed by atoms with Gasteiger partial charge in [0.05, 0.1) is 19.8 Å². The molecule has 0 aromatic rings. The van der Waals surface area contributed by atoms with Crippen LogP contribution in [-0.2, 0) is 23.7 Å². The van der Waals surface area contributed by atoms with Crippen molar-refractivity contribution in [1.82, 2.24) is 0 Å². The van der Waals surface area contributed by atoms with Crippen molar-refractivity contribution in [3.63, 3.8) is 0 Å². The van der Waals surface area contributed by atoms with E-state index in [1.54, 1.807) is 0 Å². The zero-order valence-electron chi connectivity index (χ0n) is 37.8. The van der Waals surface area contributed by atoms with Crippen molar-refractivity contribution in [3.8, 4) is 0 Å². The molecule has 58 heavy (non-hydrogen) atoms. The van der Waals surface area contributed by atoms with E-state index in [1.807, 2.05) is 0 Å². The predicted octanol–water partition coefficient (Wildman–Crippen LogP) is 11.6. The third-order valence-corrected chi connectivity index (χ3v) is 11.7. The van der Waals surface area contributed by atoms with Crippen LogP contribution in [0.2, 0.25) is 0 Å². The first-order chi connectivity index (χ1) is 28.4. The maximum Gasteiger partial charge on any atom is 0.306 e. The Morgan fingerprint density at radius 2 is 0.983 bits per heavy atom. The summed E-state index contributed by atoms with van der Waals surface area (Å²) in [6, 6.07) is 0. The molecule has 1 aliphatic heterocycles. The molecule has 0 radical (unpaired) electrons. The van der Waals surface area contributed by atoms with Gasteiger partial charge in [-0.1, -0.05) is 206 Å². The molecule has 0 spiro atoms. The van der Waals surface area contributed by atoms with Gasteiger partial charge in [-0.15, -0.1) is 0 Å². The van der Waals surface area contributed by atoms with Crippen LogP contribution < -0.4 is 0 Å². The largest absolute Gasteiger partial charge is 0.457 e. The number of aliphatic hydroxyl groups excluding tert-OH is 4. The summed E-state index contributed by atoms with van der Waals surface area (Å²) in [4.78, 5) is 12.8. The first-order valence-corrected chi connectivity index (χ1v) is 24.8. The van der Waals surface area contributed by atoms with Gasteiger partial charge < -0.3 is 39.4 Å². The second kappa shape index (κ2) is 41.3. The molecule has 0 bridgehead atoms. The minimum absolute atomic E-state index is 0.111. The summed E-state index contributed by atoms with van der Waals surface area (Å²) >= 11 is 0. The first-order valence-electron chi connectivity index (χ1n) is 24.8. The highest BCUT2D eigenvalue weighted by Crippen LogP contribution is 2.23. The zero-order valence-corrected chi connectivity index (χ0v) is 37.8. The molecule has 0 aliphatic carbocycles. The van der Waals surface area contributed by atoms with Crippen LogP contribution in [0.3, 0.4) is 0 Å². The average molecular weight is 827 g/mol. The van der Waals surface area contributed by atoms with Crippen LogP contribution in [0.1, 0.15) is 232 Å². The molecule has 9 nitrogen and oxygen atoms in total. The zero-order chi connectivity index (χ0) is 42.2. The summed E-state index contributed by atoms with van der Waals surface area (Å²) in [6.07, 6.45) is 39.7. The maximum absolute atomic E-state index is 12.8. The topological polar surface area (TPSA) is 135 Å². The number of carbonyl (C=O) groups is 1. The van der Waals surface area contributed by atoms with Crippen LogP contribution in [0.5, 0.6) is 0 Å². The lowest BCUT2D eigenvalue weighted by molar-refractivity contribution is -0.305. The van der Waals surface area contributed by atoms with Gasteiger partial charge in [0, 0.05) is 13.0 Å². The number of unbranched alkanes of at least 4 members (excludes halogenated alkanes) is 30.